The Morgan fingerprint density at radius 3 is 2.38 bits per heavy atom. The first-order chi connectivity index (χ1) is 6.13. The van der Waals surface area contributed by atoms with Crippen LogP contribution in [0.25, 0.3) is 0 Å². The minimum absolute atomic E-state index is 0.0126. The van der Waals surface area contributed by atoms with Crippen LogP contribution in [0.5, 0.6) is 0 Å². The van der Waals surface area contributed by atoms with E-state index in [1.807, 2.05) is 0 Å². The Bertz CT molecular complexity index is 163. The first-order valence-corrected chi connectivity index (χ1v) is 4.10. The number of nitrogens with two attached hydrogens (primary N) is 1. The summed E-state index contributed by atoms with van der Waals surface area (Å²) in [7, 11) is 1.28. The normalized spacial score (nSPS) is 11.9. The molecule has 0 aromatic carbocycles. The number of hydrogen-bond donors (Lipinski definition) is 1. The van der Waals surface area contributed by atoms with Crippen molar-refractivity contribution in [3.05, 3.63) is 0 Å². The molecule has 0 heterocycles. The van der Waals surface area contributed by atoms with Crippen molar-refractivity contribution in [1.82, 2.24) is 0 Å². The maximum Gasteiger partial charge on any atom is 0.309 e. The zero-order valence-corrected chi connectivity index (χ0v) is 7.91. The van der Waals surface area contributed by atoms with Crippen LogP contribution in [0, 0.1) is 0 Å². The fourth-order valence-electron chi connectivity index (χ4n) is 0.712. The molecule has 2 N–H and O–H groups in total. The summed E-state index contributed by atoms with van der Waals surface area (Å²) < 4.78 is 9.27. The van der Waals surface area contributed by atoms with Crippen molar-refractivity contribution >= 4 is 11.9 Å². The lowest BCUT2D eigenvalue weighted by atomic mass is 10.2. The summed E-state index contributed by atoms with van der Waals surface area (Å²) in [6.45, 7) is 1.80. The molecule has 1 atom stereocenters. The average Bonchev–Trinajstić information content (AvgIpc) is 2.16. The van der Waals surface area contributed by atoms with E-state index in [1.165, 1.54) is 7.11 Å². The van der Waals surface area contributed by atoms with Gasteiger partial charge in [-0.2, -0.15) is 0 Å². The molecule has 0 aliphatic rings. The lowest BCUT2D eigenvalue weighted by Gasteiger charge is -2.13. The van der Waals surface area contributed by atoms with Crippen LogP contribution in [0.4, 0.5) is 0 Å². The molecule has 76 valence electrons. The van der Waals surface area contributed by atoms with E-state index in [4.69, 9.17) is 10.5 Å². The molecule has 5 nitrogen and oxygen atoms in total. The number of methoxy groups -OCH3 is 1. The highest BCUT2D eigenvalue weighted by molar-refractivity contribution is 5.72. The van der Waals surface area contributed by atoms with Crippen LogP contribution in [0.3, 0.4) is 0 Å². The molecule has 0 spiro atoms. The van der Waals surface area contributed by atoms with E-state index in [-0.39, 0.29) is 25.4 Å². The second-order valence-corrected chi connectivity index (χ2v) is 2.48. The molecule has 0 aromatic heterocycles. The predicted molar refractivity (Wildman–Crippen MR) is 45.9 cm³/mol. The molecule has 0 aliphatic heterocycles. The molecule has 0 rings (SSSR count). The van der Waals surface area contributed by atoms with Gasteiger partial charge in [0, 0.05) is 13.0 Å². The van der Waals surface area contributed by atoms with E-state index >= 15 is 0 Å². The van der Waals surface area contributed by atoms with Gasteiger partial charge in [0.05, 0.1) is 13.5 Å². The monoisotopic (exact) mass is 189 g/mol. The highest BCUT2D eigenvalue weighted by atomic mass is 16.6. The van der Waals surface area contributed by atoms with Crippen LogP contribution < -0.4 is 5.73 Å². The molecule has 0 aromatic rings. The number of carbonyl (C=O) groups excluding carboxylic acids is 2. The summed E-state index contributed by atoms with van der Waals surface area (Å²) in [6.07, 6.45) is -0.281. The minimum atomic E-state index is -0.570. The lowest BCUT2D eigenvalue weighted by Crippen LogP contribution is -2.29. The number of ether oxygens (including phenoxy) is 2. The summed E-state index contributed by atoms with van der Waals surface area (Å²) in [4.78, 5) is 21.6. The van der Waals surface area contributed by atoms with E-state index in [0.29, 0.717) is 0 Å². The molecule has 0 aliphatic carbocycles. The molecule has 0 bridgehead atoms. The summed E-state index contributed by atoms with van der Waals surface area (Å²) >= 11 is 0. The Balaban J connectivity index is 3.89. The van der Waals surface area contributed by atoms with Gasteiger partial charge in [0.2, 0.25) is 0 Å². The van der Waals surface area contributed by atoms with Gasteiger partial charge in [0.25, 0.3) is 0 Å². The Morgan fingerprint density at radius 1 is 1.38 bits per heavy atom. The molecule has 0 amide bonds. The van der Waals surface area contributed by atoms with Gasteiger partial charge in [0.15, 0.2) is 0 Å². The molecule has 0 saturated heterocycles. The van der Waals surface area contributed by atoms with Crippen LogP contribution in [0.1, 0.15) is 19.8 Å². The third-order valence-corrected chi connectivity index (χ3v) is 1.47. The molecule has 13 heavy (non-hydrogen) atoms. The van der Waals surface area contributed by atoms with Crippen LogP contribution in [0.15, 0.2) is 0 Å². The van der Waals surface area contributed by atoms with Crippen molar-refractivity contribution in [2.75, 3.05) is 13.7 Å². The molecule has 0 radical (unpaired) electrons. The minimum Gasteiger partial charge on any atom is -0.469 e. The Hall–Kier alpha value is -1.10. The number of rotatable bonds is 5. The van der Waals surface area contributed by atoms with Gasteiger partial charge in [-0.3, -0.25) is 9.59 Å². The van der Waals surface area contributed by atoms with Crippen LogP contribution in [-0.4, -0.2) is 31.7 Å². The van der Waals surface area contributed by atoms with Gasteiger partial charge in [-0.25, -0.2) is 0 Å². The predicted octanol–water partition coefficient (Wildman–Crippen LogP) is -0.170. The van der Waals surface area contributed by atoms with Crippen molar-refractivity contribution in [1.29, 1.82) is 0 Å². The van der Waals surface area contributed by atoms with E-state index in [2.05, 4.69) is 4.74 Å². The fourth-order valence-corrected chi connectivity index (χ4v) is 0.712. The average molecular weight is 189 g/mol. The van der Waals surface area contributed by atoms with Crippen molar-refractivity contribution in [3.8, 4) is 0 Å². The third-order valence-electron chi connectivity index (χ3n) is 1.47. The number of carbonyl (C=O) groups is 2. The summed E-state index contributed by atoms with van der Waals surface area (Å²) in [5.41, 5.74) is 5.29. The summed E-state index contributed by atoms with van der Waals surface area (Å²) in [5, 5.41) is 0. The van der Waals surface area contributed by atoms with E-state index in [0.717, 1.165) is 0 Å². The Labute approximate surface area is 77.2 Å². The molecule has 5 heteroatoms. The quantitative estimate of drug-likeness (QED) is 0.607. The maximum atomic E-state index is 10.8. The van der Waals surface area contributed by atoms with Crippen molar-refractivity contribution in [2.45, 2.75) is 25.9 Å². The molecule has 0 unspecified atom stereocenters. The van der Waals surface area contributed by atoms with Crippen LogP contribution in [-0.2, 0) is 19.1 Å². The van der Waals surface area contributed by atoms with Gasteiger partial charge in [-0.05, 0) is 0 Å². The van der Waals surface area contributed by atoms with Crippen molar-refractivity contribution in [2.24, 2.45) is 5.73 Å². The molecule has 0 saturated carbocycles. The first-order valence-electron chi connectivity index (χ1n) is 4.10. The molecule has 0 fully saturated rings. The van der Waals surface area contributed by atoms with E-state index in [1.54, 1.807) is 6.92 Å². The summed E-state index contributed by atoms with van der Waals surface area (Å²) in [6, 6.07) is 0. The second-order valence-electron chi connectivity index (χ2n) is 2.48. The Morgan fingerprint density at radius 2 is 2.00 bits per heavy atom. The van der Waals surface area contributed by atoms with Gasteiger partial charge in [-0.15, -0.1) is 0 Å². The fraction of sp³-hybridized carbons (Fsp3) is 0.750. The van der Waals surface area contributed by atoms with E-state index in [9.17, 15) is 9.59 Å². The van der Waals surface area contributed by atoms with Gasteiger partial charge < -0.3 is 15.2 Å². The first kappa shape index (κ1) is 11.9. The lowest BCUT2D eigenvalue weighted by molar-refractivity contribution is -0.153. The standard InChI is InChI=1S/C8H15NO4/c1-3-7(10)13-6(5-9)4-8(11)12-2/h6H,3-5,9H2,1-2H3/t6-/m1/s1. The topological polar surface area (TPSA) is 78.6 Å². The van der Waals surface area contributed by atoms with Crippen LogP contribution in [0.2, 0.25) is 0 Å². The van der Waals surface area contributed by atoms with Gasteiger partial charge in [0.1, 0.15) is 6.10 Å². The third kappa shape index (κ3) is 5.19. The van der Waals surface area contributed by atoms with Crippen molar-refractivity contribution < 1.29 is 19.1 Å². The van der Waals surface area contributed by atoms with E-state index < -0.39 is 12.1 Å². The maximum absolute atomic E-state index is 10.8. The van der Waals surface area contributed by atoms with Crippen molar-refractivity contribution in [3.63, 3.8) is 0 Å². The number of hydrogen-bond acceptors (Lipinski definition) is 5. The smallest absolute Gasteiger partial charge is 0.309 e. The molecular formula is C8H15NO4. The zero-order chi connectivity index (χ0) is 10.3. The van der Waals surface area contributed by atoms with Gasteiger partial charge >= 0.3 is 11.9 Å². The Kier molecular flexibility index (Phi) is 5.88. The SMILES string of the molecule is CCC(=O)O[C@@H](CN)CC(=O)OC. The summed E-state index contributed by atoms with van der Waals surface area (Å²) in [5.74, 6) is -0.793. The zero-order valence-electron chi connectivity index (χ0n) is 7.91. The highest BCUT2D eigenvalue weighted by Gasteiger charge is 2.16. The van der Waals surface area contributed by atoms with Crippen LogP contribution >= 0.6 is 0 Å². The largest absolute Gasteiger partial charge is 0.469 e. The van der Waals surface area contributed by atoms with Gasteiger partial charge in [-0.1, -0.05) is 6.92 Å². The number of esters is 2. The second kappa shape index (κ2) is 6.42. The molecular weight excluding hydrogens is 174 g/mol. The highest BCUT2D eigenvalue weighted by Crippen LogP contribution is 2.00.